The zero-order valence-corrected chi connectivity index (χ0v) is 11.6. The molecule has 0 aromatic heterocycles. The van der Waals surface area contributed by atoms with E-state index in [1.54, 1.807) is 6.07 Å². The Kier molecular flexibility index (Phi) is 4.10. The third-order valence-electron chi connectivity index (χ3n) is 3.02. The van der Waals surface area contributed by atoms with E-state index in [0.29, 0.717) is 12.2 Å². The molecular weight excluding hydrogens is 278 g/mol. The van der Waals surface area contributed by atoms with Gasteiger partial charge in [0.25, 0.3) is 0 Å². The minimum absolute atomic E-state index is 0. The highest BCUT2D eigenvalue weighted by Gasteiger charge is 2.13. The predicted molar refractivity (Wildman–Crippen MR) is 82.4 cm³/mol. The fourth-order valence-electron chi connectivity index (χ4n) is 1.98. The Morgan fingerprint density at radius 3 is 2.65 bits per heavy atom. The molecule has 0 fully saturated rings. The number of anilines is 3. The quantitative estimate of drug-likeness (QED) is 0.758. The number of hydrogen-bond donors (Lipinski definition) is 3. The molecule has 3 rings (SSSR count). The molecule has 0 aliphatic carbocycles. The lowest BCUT2D eigenvalue weighted by Gasteiger charge is -2.10. The van der Waals surface area contributed by atoms with Crippen LogP contribution in [0.4, 0.5) is 17.1 Å². The molecule has 0 saturated carbocycles. The number of rotatable bonds is 3. The molecule has 0 spiro atoms. The van der Waals surface area contributed by atoms with Gasteiger partial charge in [-0.25, -0.2) is 0 Å². The van der Waals surface area contributed by atoms with Crippen molar-refractivity contribution in [1.82, 2.24) is 0 Å². The average molecular weight is 294 g/mol. The fourth-order valence-corrected chi connectivity index (χ4v) is 1.98. The summed E-state index contributed by atoms with van der Waals surface area (Å²) >= 11 is 0. The summed E-state index contributed by atoms with van der Waals surface area (Å²) < 4.78 is 10.6. The lowest BCUT2D eigenvalue weighted by Crippen LogP contribution is -2.03. The summed E-state index contributed by atoms with van der Waals surface area (Å²) in [6.07, 6.45) is 0. The van der Waals surface area contributed by atoms with Crippen molar-refractivity contribution in [3.8, 4) is 11.5 Å². The second kappa shape index (κ2) is 5.79. The number of ether oxygens (including phenoxy) is 2. The molecule has 0 radical (unpaired) electrons. The first-order valence-electron chi connectivity index (χ1n) is 6.00. The van der Waals surface area contributed by atoms with Crippen LogP contribution in [0.2, 0.25) is 0 Å². The summed E-state index contributed by atoms with van der Waals surface area (Å²) in [5.74, 6) is 1.53. The molecule has 1 heterocycles. The highest BCUT2D eigenvalue weighted by Crippen LogP contribution is 2.34. The van der Waals surface area contributed by atoms with Gasteiger partial charge in [-0.15, -0.1) is 12.4 Å². The van der Waals surface area contributed by atoms with Crippen LogP contribution in [0.3, 0.4) is 0 Å². The van der Waals surface area contributed by atoms with Gasteiger partial charge in [-0.1, -0.05) is 0 Å². The highest BCUT2D eigenvalue weighted by molar-refractivity contribution is 5.85. The predicted octanol–water partition coefficient (Wildman–Crippen LogP) is 2.61. The summed E-state index contributed by atoms with van der Waals surface area (Å²) in [5.41, 5.74) is 15.0. The van der Waals surface area contributed by atoms with Crippen molar-refractivity contribution < 1.29 is 9.47 Å². The Balaban J connectivity index is 0.00000147. The first-order chi connectivity index (χ1) is 9.22. The molecule has 2 aromatic rings. The third-order valence-corrected chi connectivity index (χ3v) is 3.02. The van der Waals surface area contributed by atoms with E-state index in [2.05, 4.69) is 5.32 Å². The van der Waals surface area contributed by atoms with Gasteiger partial charge in [0, 0.05) is 29.7 Å². The topological polar surface area (TPSA) is 82.5 Å². The number of nitrogens with two attached hydrogens (primary N) is 2. The molecule has 1 aliphatic heterocycles. The Labute approximate surface area is 123 Å². The van der Waals surface area contributed by atoms with Gasteiger partial charge in [0.2, 0.25) is 6.79 Å². The monoisotopic (exact) mass is 293 g/mol. The maximum absolute atomic E-state index is 5.90. The molecule has 6 heteroatoms. The van der Waals surface area contributed by atoms with Crippen LogP contribution in [0.15, 0.2) is 36.4 Å². The van der Waals surface area contributed by atoms with Gasteiger partial charge in [-0.2, -0.15) is 0 Å². The molecule has 106 valence electrons. The molecule has 0 unspecified atom stereocenters. The van der Waals surface area contributed by atoms with Gasteiger partial charge in [0.05, 0.1) is 0 Å². The lowest BCUT2D eigenvalue weighted by atomic mass is 10.1. The molecular formula is C14H16ClN3O2. The Morgan fingerprint density at radius 1 is 1.00 bits per heavy atom. The fraction of sp³-hybridized carbons (Fsp3) is 0.143. The maximum Gasteiger partial charge on any atom is 0.231 e. The van der Waals surface area contributed by atoms with Crippen LogP contribution in [0.1, 0.15) is 5.56 Å². The van der Waals surface area contributed by atoms with Crippen molar-refractivity contribution >= 4 is 29.5 Å². The van der Waals surface area contributed by atoms with Gasteiger partial charge >= 0.3 is 0 Å². The van der Waals surface area contributed by atoms with Crippen molar-refractivity contribution in [2.24, 2.45) is 0 Å². The van der Waals surface area contributed by atoms with Crippen LogP contribution in [0.25, 0.3) is 0 Å². The van der Waals surface area contributed by atoms with E-state index in [9.17, 15) is 0 Å². The highest BCUT2D eigenvalue weighted by atomic mass is 35.5. The molecule has 0 saturated heterocycles. The minimum atomic E-state index is 0. The number of fused-ring (bicyclic) bond motifs is 1. The Morgan fingerprint density at radius 2 is 1.80 bits per heavy atom. The number of hydrogen-bond acceptors (Lipinski definition) is 5. The van der Waals surface area contributed by atoms with E-state index >= 15 is 0 Å². The number of nitrogens with one attached hydrogen (secondary N) is 1. The van der Waals surface area contributed by atoms with E-state index in [-0.39, 0.29) is 19.2 Å². The number of nitrogen functional groups attached to an aromatic ring is 2. The first kappa shape index (κ1) is 14.1. The molecule has 5 nitrogen and oxygen atoms in total. The summed E-state index contributed by atoms with van der Waals surface area (Å²) in [6.45, 7) is 0.886. The van der Waals surface area contributed by atoms with Crippen LogP contribution in [-0.2, 0) is 6.54 Å². The van der Waals surface area contributed by atoms with Crippen LogP contribution < -0.4 is 26.3 Å². The van der Waals surface area contributed by atoms with Crippen molar-refractivity contribution in [3.05, 3.63) is 42.0 Å². The van der Waals surface area contributed by atoms with E-state index in [4.69, 9.17) is 20.9 Å². The van der Waals surface area contributed by atoms with E-state index in [1.165, 1.54) is 0 Å². The van der Waals surface area contributed by atoms with Gasteiger partial charge in [-0.3, -0.25) is 0 Å². The van der Waals surface area contributed by atoms with E-state index < -0.39 is 0 Å². The largest absolute Gasteiger partial charge is 0.454 e. The standard InChI is InChI=1S/C14H15N3O2.ClH/c15-10-1-3-12(16)9(5-10)7-17-11-2-4-13-14(6-11)19-8-18-13;/h1-6,17H,7-8,15-16H2;1H. The maximum atomic E-state index is 5.90. The zero-order chi connectivity index (χ0) is 13.2. The Hall–Kier alpha value is -2.27. The second-order valence-electron chi connectivity index (χ2n) is 4.38. The third kappa shape index (κ3) is 2.83. The number of benzene rings is 2. The molecule has 0 amide bonds. The second-order valence-corrected chi connectivity index (χ2v) is 4.38. The summed E-state index contributed by atoms with van der Waals surface area (Å²) in [5, 5.41) is 3.29. The van der Waals surface area contributed by atoms with Crippen molar-refractivity contribution in [2.45, 2.75) is 6.54 Å². The van der Waals surface area contributed by atoms with Gasteiger partial charge < -0.3 is 26.3 Å². The van der Waals surface area contributed by atoms with Crippen molar-refractivity contribution in [1.29, 1.82) is 0 Å². The molecule has 0 bridgehead atoms. The van der Waals surface area contributed by atoms with E-state index in [1.807, 2.05) is 30.3 Å². The molecule has 1 aliphatic rings. The van der Waals surface area contributed by atoms with Crippen LogP contribution >= 0.6 is 12.4 Å². The number of halogens is 1. The summed E-state index contributed by atoms with van der Waals surface area (Å²) in [6, 6.07) is 11.2. The molecule has 20 heavy (non-hydrogen) atoms. The molecule has 2 aromatic carbocycles. The lowest BCUT2D eigenvalue weighted by molar-refractivity contribution is 0.174. The van der Waals surface area contributed by atoms with Crippen LogP contribution in [0, 0.1) is 0 Å². The SMILES string of the molecule is Cl.Nc1ccc(N)c(CNc2ccc3c(c2)OCO3)c1. The van der Waals surface area contributed by atoms with E-state index in [0.717, 1.165) is 28.4 Å². The first-order valence-corrected chi connectivity index (χ1v) is 6.00. The van der Waals surface area contributed by atoms with Crippen LogP contribution in [0.5, 0.6) is 11.5 Å². The minimum Gasteiger partial charge on any atom is -0.454 e. The normalized spacial score (nSPS) is 11.8. The Bertz CT molecular complexity index is 619. The van der Waals surface area contributed by atoms with Gasteiger partial charge in [0.1, 0.15) is 0 Å². The zero-order valence-electron chi connectivity index (χ0n) is 10.8. The van der Waals surface area contributed by atoms with Crippen molar-refractivity contribution in [3.63, 3.8) is 0 Å². The molecule has 5 N–H and O–H groups in total. The summed E-state index contributed by atoms with van der Waals surface area (Å²) in [7, 11) is 0. The summed E-state index contributed by atoms with van der Waals surface area (Å²) in [4.78, 5) is 0. The smallest absolute Gasteiger partial charge is 0.231 e. The molecule has 0 atom stereocenters. The van der Waals surface area contributed by atoms with Crippen molar-refractivity contribution in [2.75, 3.05) is 23.6 Å². The van der Waals surface area contributed by atoms with Crippen LogP contribution in [-0.4, -0.2) is 6.79 Å². The average Bonchev–Trinajstić information content (AvgIpc) is 2.87. The van der Waals surface area contributed by atoms with Gasteiger partial charge in [0.15, 0.2) is 11.5 Å². The van der Waals surface area contributed by atoms with Gasteiger partial charge in [-0.05, 0) is 35.9 Å².